The van der Waals surface area contributed by atoms with Crippen molar-refractivity contribution in [3.05, 3.63) is 84.4 Å². The van der Waals surface area contributed by atoms with E-state index in [2.05, 4.69) is 41.2 Å². The second kappa shape index (κ2) is 17.3. The van der Waals surface area contributed by atoms with Crippen molar-refractivity contribution in [1.29, 1.82) is 0 Å². The summed E-state index contributed by atoms with van der Waals surface area (Å²) in [6, 6.07) is 17.1. The first kappa shape index (κ1) is 30.4. The predicted octanol–water partition coefficient (Wildman–Crippen LogP) is 2.65. The van der Waals surface area contributed by atoms with Gasteiger partial charge in [-0.3, -0.25) is 4.79 Å². The molecule has 0 bridgehead atoms. The molecule has 0 saturated heterocycles. The van der Waals surface area contributed by atoms with Gasteiger partial charge in [0.2, 0.25) is 17.8 Å². The van der Waals surface area contributed by atoms with Gasteiger partial charge in [-0.2, -0.15) is 15.0 Å². The molecule has 0 atom stereocenters. The number of carbonyl (C=O) groups excluding carboxylic acids is 1. The molecule has 1 amide bonds. The van der Waals surface area contributed by atoms with E-state index in [1.807, 2.05) is 47.2 Å². The number of imidazole rings is 1. The van der Waals surface area contributed by atoms with Crippen LogP contribution in [-0.4, -0.2) is 76.5 Å². The third-order valence-corrected chi connectivity index (χ3v) is 5.91. The molecule has 0 radical (unpaired) electrons. The number of hydrogen-bond donors (Lipinski definition) is 5. The van der Waals surface area contributed by atoms with Gasteiger partial charge in [-0.1, -0.05) is 36.4 Å². The first-order chi connectivity index (χ1) is 20.7. The van der Waals surface area contributed by atoms with E-state index in [-0.39, 0.29) is 5.91 Å². The molecule has 0 fully saturated rings. The number of nitrogens with one attached hydrogen (secondary N) is 4. The molecule has 0 unspecified atom stereocenters. The fourth-order valence-corrected chi connectivity index (χ4v) is 3.86. The number of amides is 1. The van der Waals surface area contributed by atoms with Crippen molar-refractivity contribution in [2.75, 3.05) is 62.0 Å². The van der Waals surface area contributed by atoms with E-state index in [0.717, 1.165) is 18.5 Å². The van der Waals surface area contributed by atoms with Gasteiger partial charge in [0, 0.05) is 56.4 Å². The lowest BCUT2D eigenvalue weighted by molar-refractivity contribution is 0.0511. The smallest absolute Gasteiger partial charge is 0.251 e. The highest BCUT2D eigenvalue weighted by Crippen LogP contribution is 2.18. The summed E-state index contributed by atoms with van der Waals surface area (Å²) in [4.78, 5) is 30.4. The first-order valence-electron chi connectivity index (χ1n) is 13.9. The summed E-state index contributed by atoms with van der Waals surface area (Å²) in [6.07, 6.45) is 6.35. The van der Waals surface area contributed by atoms with E-state index in [1.165, 1.54) is 0 Å². The summed E-state index contributed by atoms with van der Waals surface area (Å²) in [6.45, 7) is 4.73. The third kappa shape index (κ3) is 10.8. The molecule has 2 heterocycles. The van der Waals surface area contributed by atoms with Crippen LogP contribution in [0.15, 0.2) is 73.3 Å². The van der Waals surface area contributed by atoms with Gasteiger partial charge in [-0.15, -0.1) is 0 Å². The lowest BCUT2D eigenvalue weighted by Crippen LogP contribution is -2.27. The van der Waals surface area contributed by atoms with Gasteiger partial charge in [0.25, 0.3) is 5.91 Å². The number of hydrogen-bond acceptors (Lipinski definition) is 11. The van der Waals surface area contributed by atoms with Gasteiger partial charge >= 0.3 is 0 Å². The minimum absolute atomic E-state index is 0.206. The van der Waals surface area contributed by atoms with Crippen molar-refractivity contribution in [2.24, 2.45) is 5.73 Å². The maximum Gasteiger partial charge on any atom is 0.251 e. The second-order valence-corrected chi connectivity index (χ2v) is 9.20. The minimum atomic E-state index is -0.206. The standard InChI is InChI=1S/C29H38N10O3/c30-10-16-41-18-19-42-17-13-32-26(40)24-8-4-9-25(20-24)35-29-37-27(33-11-5-14-39-15-12-31-22-39)36-28(38-29)34-21-23-6-2-1-3-7-23/h1-4,6-9,12,15,20,22H,5,10-11,13-14,16-19,21,30H2,(H,32,40)(H3,33,34,35,36,37,38). The maximum absolute atomic E-state index is 12.7. The Morgan fingerprint density at radius 1 is 0.857 bits per heavy atom. The Hall–Kier alpha value is -4.59. The molecule has 13 nitrogen and oxygen atoms in total. The van der Waals surface area contributed by atoms with Crippen molar-refractivity contribution in [3.8, 4) is 0 Å². The van der Waals surface area contributed by atoms with Crippen molar-refractivity contribution in [3.63, 3.8) is 0 Å². The van der Waals surface area contributed by atoms with Gasteiger partial charge in [0.15, 0.2) is 0 Å². The van der Waals surface area contributed by atoms with Gasteiger partial charge in [-0.25, -0.2) is 4.98 Å². The summed E-state index contributed by atoms with van der Waals surface area (Å²) in [5, 5.41) is 12.6. The quantitative estimate of drug-likeness (QED) is 0.105. The van der Waals surface area contributed by atoms with Crippen LogP contribution in [0.2, 0.25) is 0 Å². The largest absolute Gasteiger partial charge is 0.378 e. The zero-order valence-corrected chi connectivity index (χ0v) is 23.5. The molecular weight excluding hydrogens is 536 g/mol. The van der Waals surface area contributed by atoms with E-state index in [0.29, 0.717) is 81.7 Å². The van der Waals surface area contributed by atoms with Gasteiger partial charge in [0.1, 0.15) is 0 Å². The number of anilines is 4. The molecule has 2 aromatic heterocycles. The maximum atomic E-state index is 12.7. The molecular formula is C29H38N10O3. The second-order valence-electron chi connectivity index (χ2n) is 9.20. The molecule has 6 N–H and O–H groups in total. The van der Waals surface area contributed by atoms with Crippen LogP contribution in [0.25, 0.3) is 0 Å². The molecule has 0 aliphatic carbocycles. The van der Waals surface area contributed by atoms with Crippen LogP contribution >= 0.6 is 0 Å². The highest BCUT2D eigenvalue weighted by atomic mass is 16.5. The van der Waals surface area contributed by atoms with Crippen LogP contribution in [0.5, 0.6) is 0 Å². The Bertz CT molecular complexity index is 1340. The third-order valence-electron chi connectivity index (χ3n) is 5.91. The zero-order valence-electron chi connectivity index (χ0n) is 23.5. The van der Waals surface area contributed by atoms with Gasteiger partial charge in [-0.05, 0) is 30.2 Å². The minimum Gasteiger partial charge on any atom is -0.378 e. The number of carbonyl (C=O) groups is 1. The molecule has 222 valence electrons. The molecule has 42 heavy (non-hydrogen) atoms. The summed E-state index contributed by atoms with van der Waals surface area (Å²) < 4.78 is 12.7. The molecule has 13 heteroatoms. The summed E-state index contributed by atoms with van der Waals surface area (Å²) in [7, 11) is 0. The number of aromatic nitrogens is 5. The van der Waals surface area contributed by atoms with E-state index in [4.69, 9.17) is 15.2 Å². The average molecular weight is 575 g/mol. The van der Waals surface area contributed by atoms with Crippen molar-refractivity contribution in [1.82, 2.24) is 29.8 Å². The lowest BCUT2D eigenvalue weighted by atomic mass is 10.2. The Morgan fingerprint density at radius 2 is 1.64 bits per heavy atom. The van der Waals surface area contributed by atoms with Crippen molar-refractivity contribution in [2.45, 2.75) is 19.5 Å². The summed E-state index contributed by atoms with van der Waals surface area (Å²) >= 11 is 0. The molecule has 4 aromatic rings. The Kier molecular flexibility index (Phi) is 12.5. The van der Waals surface area contributed by atoms with Crippen molar-refractivity contribution >= 4 is 29.4 Å². The molecule has 0 aliphatic rings. The molecule has 2 aromatic carbocycles. The zero-order chi connectivity index (χ0) is 29.2. The van der Waals surface area contributed by atoms with Crippen LogP contribution < -0.4 is 27.0 Å². The number of benzene rings is 2. The Balaban J connectivity index is 1.34. The normalized spacial score (nSPS) is 10.8. The number of aryl methyl sites for hydroxylation is 1. The van der Waals surface area contributed by atoms with Crippen molar-refractivity contribution < 1.29 is 14.3 Å². The van der Waals surface area contributed by atoms with Crippen LogP contribution in [0.4, 0.5) is 23.5 Å². The van der Waals surface area contributed by atoms with Crippen LogP contribution in [0.1, 0.15) is 22.3 Å². The van der Waals surface area contributed by atoms with E-state index >= 15 is 0 Å². The molecule has 0 aliphatic heterocycles. The summed E-state index contributed by atoms with van der Waals surface area (Å²) in [5.41, 5.74) is 7.65. The lowest BCUT2D eigenvalue weighted by Gasteiger charge is -2.12. The van der Waals surface area contributed by atoms with Crippen LogP contribution in [-0.2, 0) is 22.6 Å². The number of nitrogens with two attached hydrogens (primary N) is 1. The van der Waals surface area contributed by atoms with Crippen LogP contribution in [0, 0.1) is 0 Å². The molecule has 4 rings (SSSR count). The average Bonchev–Trinajstić information content (AvgIpc) is 3.54. The predicted molar refractivity (Wildman–Crippen MR) is 162 cm³/mol. The first-order valence-corrected chi connectivity index (χ1v) is 13.9. The topological polar surface area (TPSA) is 166 Å². The SMILES string of the molecule is NCCOCCOCCNC(=O)c1cccc(Nc2nc(NCCCn3ccnc3)nc(NCc3ccccc3)n2)c1. The number of rotatable bonds is 19. The fraction of sp³-hybridized carbons (Fsp3) is 0.345. The number of nitrogens with zero attached hydrogens (tertiary/aromatic N) is 5. The summed E-state index contributed by atoms with van der Waals surface area (Å²) in [5.74, 6) is 1.01. The monoisotopic (exact) mass is 574 g/mol. The Morgan fingerprint density at radius 3 is 2.43 bits per heavy atom. The van der Waals surface area contributed by atoms with E-state index in [9.17, 15) is 4.79 Å². The van der Waals surface area contributed by atoms with Gasteiger partial charge in [0.05, 0.1) is 32.8 Å². The van der Waals surface area contributed by atoms with E-state index in [1.54, 1.807) is 30.7 Å². The fourth-order valence-electron chi connectivity index (χ4n) is 3.86. The number of ether oxygens (including phenoxy) is 2. The molecule has 0 saturated carbocycles. The molecule has 0 spiro atoms. The van der Waals surface area contributed by atoms with E-state index < -0.39 is 0 Å². The Labute approximate surface area is 245 Å². The highest BCUT2D eigenvalue weighted by molar-refractivity contribution is 5.95. The highest BCUT2D eigenvalue weighted by Gasteiger charge is 2.10. The van der Waals surface area contributed by atoms with Gasteiger partial charge < -0.3 is 41.0 Å². The van der Waals surface area contributed by atoms with Crippen LogP contribution in [0.3, 0.4) is 0 Å².